The molecule has 2 saturated heterocycles. The lowest BCUT2D eigenvalue weighted by molar-refractivity contribution is 0.00578. The first-order valence-electron chi connectivity index (χ1n) is 30.6. The second kappa shape index (κ2) is 19.1. The number of hydrogen-bond acceptors (Lipinski definition) is 5. The van der Waals surface area contributed by atoms with Gasteiger partial charge in [-0.1, -0.05) is 173 Å². The Morgan fingerprint density at radius 1 is 0.302 bits per heavy atom. The molecule has 0 atom stereocenters. The van der Waals surface area contributed by atoms with E-state index in [4.69, 9.17) is 18.6 Å². The summed E-state index contributed by atoms with van der Waals surface area (Å²) in [5.74, 6) is 0. The van der Waals surface area contributed by atoms with Gasteiger partial charge in [-0.15, -0.1) is 0 Å². The van der Waals surface area contributed by atoms with Gasteiger partial charge in [0.1, 0.15) is 0 Å². The van der Waals surface area contributed by atoms with Crippen LogP contribution < -0.4 is 15.8 Å². The molecule has 11 aromatic rings. The van der Waals surface area contributed by atoms with E-state index in [0.29, 0.717) is 0 Å². The first kappa shape index (κ1) is 54.4. The smallest absolute Gasteiger partial charge is 0.399 e. The fourth-order valence-corrected chi connectivity index (χ4v) is 14.0. The lowest BCUT2D eigenvalue weighted by atomic mass is 9.74. The molecule has 4 aliphatic rings. The Morgan fingerprint density at radius 3 is 1.24 bits per heavy atom. The average Bonchev–Trinajstić information content (AvgIpc) is 1.61. The van der Waals surface area contributed by atoms with E-state index in [1.807, 2.05) is 0 Å². The van der Waals surface area contributed by atoms with Crippen LogP contribution in [0.3, 0.4) is 0 Å². The molecule has 0 unspecified atom stereocenters. The maximum Gasteiger partial charge on any atom is 0.494 e. The summed E-state index contributed by atoms with van der Waals surface area (Å²) in [6.45, 7) is 26.4. The number of nitrogens with zero attached hydrogens (tertiary/aromatic N) is 2. The van der Waals surface area contributed by atoms with Crippen LogP contribution in [0.15, 0.2) is 218 Å². The third-order valence-electron chi connectivity index (χ3n) is 20.5. The van der Waals surface area contributed by atoms with Gasteiger partial charge in [-0.2, -0.15) is 0 Å². The van der Waals surface area contributed by atoms with Crippen molar-refractivity contribution in [2.75, 3.05) is 4.90 Å². The highest BCUT2D eigenvalue weighted by Crippen LogP contribution is 2.54. The topological polar surface area (TPSA) is 45.1 Å². The highest BCUT2D eigenvalue weighted by molar-refractivity contribution is 6.62. The Bertz CT molecular complexity index is 4390. The zero-order chi connectivity index (χ0) is 59.5. The quantitative estimate of drug-likeness (QED) is 0.135. The summed E-state index contributed by atoms with van der Waals surface area (Å²) in [5, 5.41) is 2.44. The van der Waals surface area contributed by atoms with E-state index < -0.39 is 36.6 Å². The molecular formula is C78H72B2N2O4. The Labute approximate surface area is 507 Å². The minimum Gasteiger partial charge on any atom is -0.399 e. The molecule has 0 spiro atoms. The van der Waals surface area contributed by atoms with Gasteiger partial charge in [-0.3, -0.25) is 0 Å². The second-order valence-electron chi connectivity index (χ2n) is 27.5. The molecule has 0 N–H and O–H groups in total. The Balaban J connectivity index is 0.803. The summed E-state index contributed by atoms with van der Waals surface area (Å²) in [5.41, 5.74) is 23.8. The molecule has 86 heavy (non-hydrogen) atoms. The van der Waals surface area contributed by atoms with Gasteiger partial charge in [0.15, 0.2) is 0 Å². The van der Waals surface area contributed by atoms with Crippen molar-refractivity contribution in [1.82, 2.24) is 4.57 Å². The number of aromatic nitrogens is 1. The molecule has 424 valence electrons. The van der Waals surface area contributed by atoms with E-state index >= 15 is 0 Å². The molecule has 0 saturated carbocycles. The highest BCUT2D eigenvalue weighted by atomic mass is 16.7. The number of rotatable bonds is 9. The molecule has 0 bridgehead atoms. The molecule has 0 radical (unpaired) electrons. The molecule has 2 aliphatic heterocycles. The summed E-state index contributed by atoms with van der Waals surface area (Å²) in [6.07, 6.45) is 0. The Kier molecular flexibility index (Phi) is 12.1. The lowest BCUT2D eigenvalue weighted by Crippen LogP contribution is -2.41. The summed E-state index contributed by atoms with van der Waals surface area (Å²) in [4.78, 5) is 2.46. The number of benzene rings is 10. The maximum absolute atomic E-state index is 6.59. The molecular weight excluding hydrogens is 1050 g/mol. The standard InChI is InChI=1S/C78H72B2N2O4/c1-73(2)67-45-55(79-83-75(5,6)76(7,8)84-79)31-37-61(67)63-39-35-59(47-69(63)73)81(60-36-40-64-62-38-32-56(46-68(62)74(3,4)70(64)48-60)80-85-77(9,10)78(11,12)86-80)57-33-28-50(29-34-57)54-30-41-72-66(44-54)65-26-16-17-27-71(65)82(72)58-25-19-24-53(43-58)52-23-18-22-51(42-52)49-20-14-13-15-21-49/h13-48H,1-12H3. The number of para-hydroxylation sites is 1. The van der Waals surface area contributed by atoms with Crippen molar-refractivity contribution >= 4 is 64.0 Å². The van der Waals surface area contributed by atoms with Gasteiger partial charge >= 0.3 is 14.2 Å². The van der Waals surface area contributed by atoms with Crippen LogP contribution in [0.25, 0.3) is 83.1 Å². The van der Waals surface area contributed by atoms with Crippen LogP contribution in [0.2, 0.25) is 0 Å². The van der Waals surface area contributed by atoms with Crippen LogP contribution in [-0.2, 0) is 29.4 Å². The predicted molar refractivity (Wildman–Crippen MR) is 358 cm³/mol. The first-order valence-corrected chi connectivity index (χ1v) is 30.6. The molecule has 15 rings (SSSR count). The first-order chi connectivity index (χ1) is 41.1. The molecule has 1 aromatic heterocycles. The highest BCUT2D eigenvalue weighted by Gasteiger charge is 2.53. The van der Waals surface area contributed by atoms with Gasteiger partial charge in [-0.05, 0) is 217 Å². The van der Waals surface area contributed by atoms with E-state index in [1.54, 1.807) is 0 Å². The minimum absolute atomic E-state index is 0.300. The van der Waals surface area contributed by atoms with Crippen LogP contribution in [-0.4, -0.2) is 41.2 Å². The monoisotopic (exact) mass is 1120 g/mol. The van der Waals surface area contributed by atoms with Crippen molar-refractivity contribution in [3.8, 4) is 61.3 Å². The maximum atomic E-state index is 6.59. The number of anilines is 3. The average molecular weight is 1120 g/mol. The zero-order valence-electron chi connectivity index (χ0n) is 51.5. The summed E-state index contributed by atoms with van der Waals surface area (Å²) in [7, 11) is -0.880. The molecule has 6 nitrogen and oxygen atoms in total. The number of hydrogen-bond donors (Lipinski definition) is 0. The third-order valence-corrected chi connectivity index (χ3v) is 20.5. The summed E-state index contributed by atoms with van der Waals surface area (Å²) in [6, 6.07) is 81.2. The molecule has 10 aromatic carbocycles. The van der Waals surface area contributed by atoms with Gasteiger partial charge in [0.2, 0.25) is 0 Å². The fraction of sp³-hybridized carbons (Fsp3) is 0.231. The molecule has 0 amide bonds. The van der Waals surface area contributed by atoms with Crippen LogP contribution in [0, 0.1) is 0 Å². The van der Waals surface area contributed by atoms with Crippen LogP contribution in [0.4, 0.5) is 17.1 Å². The molecule has 2 fully saturated rings. The Morgan fingerprint density at radius 2 is 0.698 bits per heavy atom. The van der Waals surface area contributed by atoms with Crippen molar-refractivity contribution < 1.29 is 18.6 Å². The van der Waals surface area contributed by atoms with Gasteiger partial charge in [-0.25, -0.2) is 0 Å². The van der Waals surface area contributed by atoms with E-state index in [2.05, 4.69) is 311 Å². The molecule has 3 heterocycles. The lowest BCUT2D eigenvalue weighted by Gasteiger charge is -2.32. The van der Waals surface area contributed by atoms with E-state index in [1.165, 1.54) is 94.1 Å². The normalized spacial score (nSPS) is 17.9. The van der Waals surface area contributed by atoms with Crippen LogP contribution in [0.5, 0.6) is 0 Å². The van der Waals surface area contributed by atoms with E-state index in [-0.39, 0.29) is 10.8 Å². The predicted octanol–water partition coefficient (Wildman–Crippen LogP) is 18.5. The Hall–Kier alpha value is -8.23. The molecule has 8 heteroatoms. The summed E-state index contributed by atoms with van der Waals surface area (Å²) < 4.78 is 28.8. The van der Waals surface area contributed by atoms with Crippen LogP contribution in [0.1, 0.15) is 105 Å². The number of fused-ring (bicyclic) bond motifs is 9. The summed E-state index contributed by atoms with van der Waals surface area (Å²) >= 11 is 0. The second-order valence-corrected chi connectivity index (χ2v) is 27.5. The van der Waals surface area contributed by atoms with Gasteiger partial charge in [0, 0.05) is 44.4 Å². The van der Waals surface area contributed by atoms with Crippen molar-refractivity contribution in [2.24, 2.45) is 0 Å². The van der Waals surface area contributed by atoms with Crippen molar-refractivity contribution in [2.45, 2.75) is 116 Å². The zero-order valence-corrected chi connectivity index (χ0v) is 51.5. The molecule has 2 aliphatic carbocycles. The SMILES string of the molecule is CC1(C)c2cc(B3OC(C)(C)C(C)(C)O3)ccc2-c2ccc(N(c3ccc(-c4ccc5c(c4)c4ccccc4n5-c4cccc(-c5cccc(-c6ccccc6)c5)c4)cc3)c3ccc4c(c3)C(C)(C)c3cc(B5OC(C)(C)C(C)(C)O5)ccc3-4)cc21. The van der Waals surface area contributed by atoms with Crippen molar-refractivity contribution in [1.29, 1.82) is 0 Å². The van der Waals surface area contributed by atoms with Gasteiger partial charge in [0.25, 0.3) is 0 Å². The van der Waals surface area contributed by atoms with E-state index in [0.717, 1.165) is 39.2 Å². The largest absolute Gasteiger partial charge is 0.494 e. The fourth-order valence-electron chi connectivity index (χ4n) is 14.0. The minimum atomic E-state index is -0.440. The van der Waals surface area contributed by atoms with Crippen LogP contribution >= 0.6 is 0 Å². The van der Waals surface area contributed by atoms with Gasteiger partial charge < -0.3 is 28.1 Å². The third kappa shape index (κ3) is 8.46. The van der Waals surface area contributed by atoms with Crippen molar-refractivity contribution in [3.63, 3.8) is 0 Å². The van der Waals surface area contributed by atoms with Gasteiger partial charge in [0.05, 0.1) is 33.4 Å². The van der Waals surface area contributed by atoms with Crippen molar-refractivity contribution in [3.05, 3.63) is 241 Å². The van der Waals surface area contributed by atoms with E-state index in [9.17, 15) is 0 Å².